The standard InChI is InChI=1S/C19H19N3O6/c1-22-17(24)7-5-13(21-22)18(25)26-11-16(23)20-12-4-6-14-15(10-12)28-19(27-14)8-2-3-9-19/h4-7,10H,2-3,8-9,11H2,1H3,(H,20,23). The van der Waals surface area contributed by atoms with Gasteiger partial charge in [-0.3, -0.25) is 9.59 Å². The van der Waals surface area contributed by atoms with Crippen molar-refractivity contribution in [2.75, 3.05) is 11.9 Å². The highest BCUT2D eigenvalue weighted by molar-refractivity contribution is 5.95. The fourth-order valence-corrected chi connectivity index (χ4v) is 3.30. The third kappa shape index (κ3) is 3.55. The highest BCUT2D eigenvalue weighted by atomic mass is 16.7. The minimum Gasteiger partial charge on any atom is -0.451 e. The maximum Gasteiger partial charge on any atom is 0.359 e. The van der Waals surface area contributed by atoms with Crippen molar-refractivity contribution in [1.82, 2.24) is 9.78 Å². The second-order valence-corrected chi connectivity index (χ2v) is 6.79. The fraction of sp³-hybridized carbons (Fsp3) is 0.368. The van der Waals surface area contributed by atoms with Gasteiger partial charge in [-0.25, -0.2) is 9.48 Å². The topological polar surface area (TPSA) is 109 Å². The Hall–Kier alpha value is -3.36. The number of hydrogen-bond donors (Lipinski definition) is 1. The monoisotopic (exact) mass is 385 g/mol. The van der Waals surface area contributed by atoms with E-state index in [4.69, 9.17) is 14.2 Å². The molecule has 1 amide bonds. The SMILES string of the molecule is Cn1nc(C(=O)OCC(=O)Nc2ccc3c(c2)OC2(CCCC2)O3)ccc1=O. The number of benzene rings is 1. The molecule has 28 heavy (non-hydrogen) atoms. The Morgan fingerprint density at radius 3 is 2.68 bits per heavy atom. The predicted molar refractivity (Wildman–Crippen MR) is 97.3 cm³/mol. The number of anilines is 1. The van der Waals surface area contributed by atoms with Gasteiger partial charge in [0.15, 0.2) is 23.8 Å². The van der Waals surface area contributed by atoms with E-state index in [0.717, 1.165) is 30.4 Å². The molecule has 1 aliphatic carbocycles. The molecule has 0 saturated heterocycles. The van der Waals surface area contributed by atoms with E-state index in [-0.39, 0.29) is 11.3 Å². The van der Waals surface area contributed by atoms with Gasteiger partial charge < -0.3 is 19.5 Å². The number of nitrogens with one attached hydrogen (secondary N) is 1. The van der Waals surface area contributed by atoms with Crippen LogP contribution in [0.4, 0.5) is 5.69 Å². The molecule has 0 unspecified atom stereocenters. The molecular weight excluding hydrogens is 366 g/mol. The molecule has 0 bridgehead atoms. The summed E-state index contributed by atoms with van der Waals surface area (Å²) < 4.78 is 17.8. The van der Waals surface area contributed by atoms with Gasteiger partial charge >= 0.3 is 5.97 Å². The number of aromatic nitrogens is 2. The molecule has 9 nitrogen and oxygen atoms in total. The van der Waals surface area contributed by atoms with E-state index >= 15 is 0 Å². The van der Waals surface area contributed by atoms with Gasteiger partial charge in [-0.15, -0.1) is 0 Å². The van der Waals surface area contributed by atoms with Gasteiger partial charge in [-0.1, -0.05) is 0 Å². The van der Waals surface area contributed by atoms with Crippen molar-refractivity contribution in [3.63, 3.8) is 0 Å². The molecular formula is C19H19N3O6. The first-order valence-electron chi connectivity index (χ1n) is 8.98. The molecule has 1 aromatic carbocycles. The van der Waals surface area contributed by atoms with E-state index in [1.807, 2.05) is 0 Å². The van der Waals surface area contributed by atoms with E-state index in [0.29, 0.717) is 17.2 Å². The summed E-state index contributed by atoms with van der Waals surface area (Å²) in [6.07, 6.45) is 3.82. The molecule has 1 saturated carbocycles. The average Bonchev–Trinajstić information content (AvgIpc) is 3.27. The smallest absolute Gasteiger partial charge is 0.359 e. The van der Waals surface area contributed by atoms with Crippen LogP contribution in [0.2, 0.25) is 0 Å². The first kappa shape index (κ1) is 18.0. The highest BCUT2D eigenvalue weighted by Gasteiger charge is 2.44. The molecule has 4 rings (SSSR count). The summed E-state index contributed by atoms with van der Waals surface area (Å²) in [7, 11) is 1.42. The van der Waals surface area contributed by atoms with E-state index in [1.165, 1.54) is 19.2 Å². The van der Waals surface area contributed by atoms with Crippen molar-refractivity contribution < 1.29 is 23.8 Å². The Kier molecular flexibility index (Phi) is 4.50. The summed E-state index contributed by atoms with van der Waals surface area (Å²) in [6, 6.07) is 7.59. The minimum absolute atomic E-state index is 0.0557. The first-order chi connectivity index (χ1) is 13.4. The number of fused-ring (bicyclic) bond motifs is 1. The Morgan fingerprint density at radius 1 is 1.18 bits per heavy atom. The molecule has 0 radical (unpaired) electrons. The zero-order valence-corrected chi connectivity index (χ0v) is 15.3. The lowest BCUT2D eigenvalue weighted by Crippen LogP contribution is -2.34. The van der Waals surface area contributed by atoms with Crippen LogP contribution in [0.5, 0.6) is 11.5 Å². The van der Waals surface area contributed by atoms with Gasteiger partial charge in [-0.2, -0.15) is 5.10 Å². The Labute approximate surface area is 160 Å². The van der Waals surface area contributed by atoms with Crippen molar-refractivity contribution in [3.8, 4) is 11.5 Å². The van der Waals surface area contributed by atoms with Crippen LogP contribution in [0.15, 0.2) is 35.1 Å². The molecule has 1 spiro atoms. The molecule has 146 valence electrons. The van der Waals surface area contributed by atoms with Crippen molar-refractivity contribution in [2.45, 2.75) is 31.5 Å². The van der Waals surface area contributed by atoms with Crippen LogP contribution in [0, 0.1) is 0 Å². The molecule has 2 aliphatic rings. The largest absolute Gasteiger partial charge is 0.451 e. The number of ether oxygens (including phenoxy) is 3. The number of amides is 1. The number of rotatable bonds is 4. The second-order valence-electron chi connectivity index (χ2n) is 6.79. The van der Waals surface area contributed by atoms with Gasteiger partial charge in [-0.05, 0) is 31.0 Å². The Balaban J connectivity index is 1.34. The lowest BCUT2D eigenvalue weighted by atomic mass is 10.2. The zero-order chi connectivity index (χ0) is 19.7. The van der Waals surface area contributed by atoms with Gasteiger partial charge in [0.25, 0.3) is 17.3 Å². The molecule has 1 aliphatic heterocycles. The van der Waals surface area contributed by atoms with E-state index in [1.54, 1.807) is 18.2 Å². The average molecular weight is 385 g/mol. The van der Waals surface area contributed by atoms with Crippen LogP contribution in [0.3, 0.4) is 0 Å². The number of carbonyl (C=O) groups excluding carboxylic acids is 2. The number of aryl methyl sites for hydroxylation is 1. The summed E-state index contributed by atoms with van der Waals surface area (Å²) in [6.45, 7) is -0.484. The number of carbonyl (C=O) groups is 2. The number of nitrogens with zero attached hydrogens (tertiary/aromatic N) is 2. The summed E-state index contributed by atoms with van der Waals surface area (Å²) in [5.74, 6) is -0.617. The zero-order valence-electron chi connectivity index (χ0n) is 15.3. The van der Waals surface area contributed by atoms with Crippen molar-refractivity contribution in [3.05, 3.63) is 46.4 Å². The van der Waals surface area contributed by atoms with Crippen molar-refractivity contribution in [2.24, 2.45) is 7.05 Å². The lowest BCUT2D eigenvalue weighted by Gasteiger charge is -2.21. The van der Waals surface area contributed by atoms with Crippen LogP contribution in [-0.2, 0) is 16.6 Å². The van der Waals surface area contributed by atoms with E-state index in [2.05, 4.69) is 10.4 Å². The molecule has 0 atom stereocenters. The van der Waals surface area contributed by atoms with Crippen LogP contribution in [0.25, 0.3) is 0 Å². The predicted octanol–water partition coefficient (Wildman–Crippen LogP) is 1.62. The van der Waals surface area contributed by atoms with E-state index in [9.17, 15) is 14.4 Å². The quantitative estimate of drug-likeness (QED) is 0.797. The first-order valence-corrected chi connectivity index (χ1v) is 8.98. The van der Waals surface area contributed by atoms with Gasteiger partial charge in [0.1, 0.15) is 0 Å². The van der Waals surface area contributed by atoms with Gasteiger partial charge in [0.2, 0.25) is 0 Å². The summed E-state index contributed by atoms with van der Waals surface area (Å²) in [5.41, 5.74) is 0.106. The third-order valence-corrected chi connectivity index (χ3v) is 4.69. The lowest BCUT2D eigenvalue weighted by molar-refractivity contribution is -0.119. The molecule has 1 N–H and O–H groups in total. The Bertz CT molecular complexity index is 993. The molecule has 2 heterocycles. The highest BCUT2D eigenvalue weighted by Crippen LogP contribution is 2.47. The van der Waals surface area contributed by atoms with Gasteiger partial charge in [0.05, 0.1) is 0 Å². The molecule has 2 aromatic rings. The Morgan fingerprint density at radius 2 is 1.93 bits per heavy atom. The maximum absolute atomic E-state index is 12.1. The number of hydrogen-bond acceptors (Lipinski definition) is 7. The van der Waals surface area contributed by atoms with Crippen LogP contribution >= 0.6 is 0 Å². The van der Waals surface area contributed by atoms with Crippen molar-refractivity contribution >= 4 is 17.6 Å². The molecule has 1 fully saturated rings. The minimum atomic E-state index is -0.792. The summed E-state index contributed by atoms with van der Waals surface area (Å²) >= 11 is 0. The van der Waals surface area contributed by atoms with Crippen LogP contribution in [-0.4, -0.2) is 34.1 Å². The number of esters is 1. The second kappa shape index (κ2) is 6.99. The molecule has 1 aromatic heterocycles. The van der Waals surface area contributed by atoms with Crippen LogP contribution in [0.1, 0.15) is 36.2 Å². The fourth-order valence-electron chi connectivity index (χ4n) is 3.30. The molecule has 9 heteroatoms. The maximum atomic E-state index is 12.1. The van der Waals surface area contributed by atoms with E-state index < -0.39 is 24.3 Å². The van der Waals surface area contributed by atoms with Crippen LogP contribution < -0.4 is 20.3 Å². The normalized spacial score (nSPS) is 16.2. The van der Waals surface area contributed by atoms with Gasteiger partial charge in [0, 0.05) is 37.7 Å². The summed E-state index contributed by atoms with van der Waals surface area (Å²) in [4.78, 5) is 35.3. The summed E-state index contributed by atoms with van der Waals surface area (Å²) in [5, 5.41) is 6.43. The van der Waals surface area contributed by atoms with Crippen molar-refractivity contribution in [1.29, 1.82) is 0 Å². The third-order valence-electron chi connectivity index (χ3n) is 4.69.